The van der Waals surface area contributed by atoms with Gasteiger partial charge in [0.25, 0.3) is 0 Å². The number of nitrogens with zero attached hydrogens (tertiary/aromatic N) is 1. The molecule has 0 fully saturated rings. The van der Waals surface area contributed by atoms with Gasteiger partial charge in [0.15, 0.2) is 0 Å². The number of rotatable bonds is 8. The zero-order chi connectivity index (χ0) is 26.0. The third kappa shape index (κ3) is 5.95. The zero-order valence-electron chi connectivity index (χ0n) is 20.9. The molecule has 196 valence electrons. The SMILES string of the molecule is CC1(C(O)CN(Cc2ccccc2)CC(O)C2CCc3cc(F)ccc3O2)CCc2cc(F)ccc2O1. The number of hydrogen-bond acceptors (Lipinski definition) is 5. The van der Waals surface area contributed by atoms with Gasteiger partial charge < -0.3 is 19.7 Å². The first-order chi connectivity index (χ1) is 17.8. The molecule has 7 heteroatoms. The average Bonchev–Trinajstić information content (AvgIpc) is 2.89. The van der Waals surface area contributed by atoms with Crippen LogP contribution in [0.3, 0.4) is 0 Å². The number of benzene rings is 3. The maximum atomic E-state index is 13.6. The molecule has 3 aromatic rings. The smallest absolute Gasteiger partial charge is 0.134 e. The standard InChI is InChI=1S/C30H33F2NO4/c1-30(14-13-22-16-24(32)9-12-27(22)37-30)29(35)19-33(17-20-5-3-2-4-6-20)18-25(34)28-10-7-21-15-23(31)8-11-26(21)36-28/h2-6,8-9,11-12,15-16,25,28-29,34-35H,7,10,13-14,17-19H2,1H3. The number of halogens is 2. The molecule has 0 radical (unpaired) electrons. The molecule has 2 N–H and O–H groups in total. The van der Waals surface area contributed by atoms with Crippen molar-refractivity contribution in [2.75, 3.05) is 13.1 Å². The molecule has 4 atom stereocenters. The normalized spacial score (nSPS) is 22.4. The van der Waals surface area contributed by atoms with E-state index in [4.69, 9.17) is 9.47 Å². The van der Waals surface area contributed by atoms with E-state index in [9.17, 15) is 19.0 Å². The predicted octanol–water partition coefficient (Wildman–Crippen LogP) is 4.67. The van der Waals surface area contributed by atoms with Gasteiger partial charge in [-0.15, -0.1) is 0 Å². The molecule has 0 spiro atoms. The summed E-state index contributed by atoms with van der Waals surface area (Å²) in [6.07, 6.45) is 0.269. The number of aliphatic hydroxyl groups is 2. The van der Waals surface area contributed by atoms with Gasteiger partial charge in [-0.25, -0.2) is 8.78 Å². The Balaban J connectivity index is 1.29. The molecule has 0 aliphatic carbocycles. The summed E-state index contributed by atoms with van der Waals surface area (Å²) in [6.45, 7) is 2.96. The van der Waals surface area contributed by atoms with Crippen LogP contribution in [0, 0.1) is 11.6 Å². The quantitative estimate of drug-likeness (QED) is 0.462. The predicted molar refractivity (Wildman–Crippen MR) is 137 cm³/mol. The Labute approximate surface area is 216 Å². The topological polar surface area (TPSA) is 62.2 Å². The van der Waals surface area contributed by atoms with Crippen molar-refractivity contribution >= 4 is 0 Å². The summed E-state index contributed by atoms with van der Waals surface area (Å²) in [7, 11) is 0. The van der Waals surface area contributed by atoms with Crippen LogP contribution in [0.1, 0.15) is 36.5 Å². The Morgan fingerprint density at radius 2 is 1.59 bits per heavy atom. The van der Waals surface area contributed by atoms with Crippen molar-refractivity contribution in [3.05, 3.63) is 95.1 Å². The van der Waals surface area contributed by atoms with E-state index in [2.05, 4.69) is 0 Å². The maximum Gasteiger partial charge on any atom is 0.134 e. The lowest BCUT2D eigenvalue weighted by Crippen LogP contribution is -2.53. The molecule has 0 amide bonds. The van der Waals surface area contributed by atoms with Crippen LogP contribution in [0.15, 0.2) is 66.7 Å². The van der Waals surface area contributed by atoms with Crippen LogP contribution in [-0.4, -0.2) is 52.1 Å². The molecule has 2 aliphatic rings. The molecular formula is C30H33F2NO4. The summed E-state index contributed by atoms with van der Waals surface area (Å²) in [5.74, 6) is 0.599. The minimum Gasteiger partial charge on any atom is -0.487 e. The Morgan fingerprint density at radius 1 is 0.919 bits per heavy atom. The summed E-state index contributed by atoms with van der Waals surface area (Å²) in [6, 6.07) is 18.8. The van der Waals surface area contributed by atoms with E-state index in [0.717, 1.165) is 16.7 Å². The first-order valence-corrected chi connectivity index (χ1v) is 12.8. The molecule has 2 heterocycles. The summed E-state index contributed by atoms with van der Waals surface area (Å²) in [4.78, 5) is 2.02. The number of aliphatic hydroxyl groups excluding tert-OH is 2. The van der Waals surface area contributed by atoms with E-state index in [-0.39, 0.29) is 24.7 Å². The average molecular weight is 510 g/mol. The highest BCUT2D eigenvalue weighted by atomic mass is 19.1. The molecule has 3 aromatic carbocycles. The van der Waals surface area contributed by atoms with E-state index in [1.165, 1.54) is 24.3 Å². The Bertz CT molecular complexity index is 1220. The number of aryl methyl sites for hydroxylation is 2. The summed E-state index contributed by atoms with van der Waals surface area (Å²) in [5, 5.41) is 22.5. The Kier molecular flexibility index (Phi) is 7.47. The molecule has 5 rings (SSSR count). The summed E-state index contributed by atoms with van der Waals surface area (Å²) in [5.41, 5.74) is 1.82. The molecule has 37 heavy (non-hydrogen) atoms. The van der Waals surface area contributed by atoms with Crippen molar-refractivity contribution in [3.63, 3.8) is 0 Å². The van der Waals surface area contributed by atoms with Crippen LogP contribution in [0.25, 0.3) is 0 Å². The minimum absolute atomic E-state index is 0.271. The van der Waals surface area contributed by atoms with Crippen LogP contribution in [0.4, 0.5) is 8.78 Å². The molecule has 0 bridgehead atoms. The second kappa shape index (κ2) is 10.8. The molecule has 0 aromatic heterocycles. The van der Waals surface area contributed by atoms with Crippen molar-refractivity contribution in [2.24, 2.45) is 0 Å². The van der Waals surface area contributed by atoms with Gasteiger partial charge in [-0.2, -0.15) is 0 Å². The number of fused-ring (bicyclic) bond motifs is 2. The van der Waals surface area contributed by atoms with Crippen molar-refractivity contribution in [1.29, 1.82) is 0 Å². The molecule has 5 nitrogen and oxygen atoms in total. The second-order valence-corrected chi connectivity index (χ2v) is 10.4. The fraction of sp³-hybridized carbons (Fsp3) is 0.400. The van der Waals surface area contributed by atoms with Gasteiger partial charge in [-0.3, -0.25) is 4.90 Å². The van der Waals surface area contributed by atoms with Gasteiger partial charge in [-0.05, 0) is 85.7 Å². The molecule has 0 saturated heterocycles. The summed E-state index contributed by atoms with van der Waals surface area (Å²) < 4.78 is 39.4. The highest BCUT2D eigenvalue weighted by Crippen LogP contribution is 2.36. The maximum absolute atomic E-state index is 13.6. The summed E-state index contributed by atoms with van der Waals surface area (Å²) >= 11 is 0. The highest BCUT2D eigenvalue weighted by molar-refractivity contribution is 5.37. The van der Waals surface area contributed by atoms with Crippen molar-refractivity contribution in [1.82, 2.24) is 4.90 Å². The lowest BCUT2D eigenvalue weighted by atomic mass is 9.87. The van der Waals surface area contributed by atoms with Crippen molar-refractivity contribution < 1.29 is 28.5 Å². The number of ether oxygens (including phenoxy) is 2. The van der Waals surface area contributed by atoms with Gasteiger partial charge in [0, 0.05) is 19.6 Å². The number of hydrogen-bond donors (Lipinski definition) is 2. The van der Waals surface area contributed by atoms with Crippen molar-refractivity contribution in [2.45, 2.75) is 63.1 Å². The van der Waals surface area contributed by atoms with Crippen LogP contribution >= 0.6 is 0 Å². The third-order valence-electron chi connectivity index (χ3n) is 7.51. The fourth-order valence-corrected chi connectivity index (χ4v) is 5.28. The van der Waals surface area contributed by atoms with Crippen LogP contribution in [-0.2, 0) is 19.4 Å². The lowest BCUT2D eigenvalue weighted by Gasteiger charge is -2.41. The van der Waals surface area contributed by atoms with Gasteiger partial charge >= 0.3 is 0 Å². The van der Waals surface area contributed by atoms with E-state index in [0.29, 0.717) is 43.7 Å². The van der Waals surface area contributed by atoms with Crippen molar-refractivity contribution in [3.8, 4) is 11.5 Å². The van der Waals surface area contributed by atoms with Crippen LogP contribution < -0.4 is 9.47 Å². The van der Waals surface area contributed by atoms with E-state index in [1.54, 1.807) is 12.1 Å². The first kappa shape index (κ1) is 25.6. The fourth-order valence-electron chi connectivity index (χ4n) is 5.28. The monoisotopic (exact) mass is 509 g/mol. The van der Waals surface area contributed by atoms with Crippen LogP contribution in [0.2, 0.25) is 0 Å². The van der Waals surface area contributed by atoms with Gasteiger partial charge in [0.05, 0.1) is 0 Å². The lowest BCUT2D eigenvalue weighted by molar-refractivity contribution is -0.0764. The van der Waals surface area contributed by atoms with Gasteiger partial charge in [0.1, 0.15) is 47.0 Å². The largest absolute Gasteiger partial charge is 0.487 e. The van der Waals surface area contributed by atoms with E-state index < -0.39 is 23.9 Å². The second-order valence-electron chi connectivity index (χ2n) is 10.4. The highest BCUT2D eigenvalue weighted by Gasteiger charge is 2.40. The third-order valence-corrected chi connectivity index (χ3v) is 7.51. The van der Waals surface area contributed by atoms with E-state index >= 15 is 0 Å². The first-order valence-electron chi connectivity index (χ1n) is 12.8. The van der Waals surface area contributed by atoms with Gasteiger partial charge in [-0.1, -0.05) is 30.3 Å². The molecule has 2 aliphatic heterocycles. The Hall–Kier alpha value is -3.00. The minimum atomic E-state index is -0.852. The van der Waals surface area contributed by atoms with Crippen LogP contribution in [0.5, 0.6) is 11.5 Å². The van der Waals surface area contributed by atoms with Gasteiger partial charge in [0.2, 0.25) is 0 Å². The molecular weight excluding hydrogens is 476 g/mol. The Morgan fingerprint density at radius 3 is 2.32 bits per heavy atom. The zero-order valence-corrected chi connectivity index (χ0v) is 20.9. The van der Waals surface area contributed by atoms with E-state index in [1.807, 2.05) is 42.2 Å². The molecule has 4 unspecified atom stereocenters. The molecule has 0 saturated carbocycles.